The Hall–Kier alpha value is -5.78. The Bertz CT molecular complexity index is 1610. The first-order valence-corrected chi connectivity index (χ1v) is 16.9. The Balaban J connectivity index is -0.000000745. The molecule has 1 aromatic rings. The molecule has 0 atom stereocenters. The van der Waals surface area contributed by atoms with Crippen molar-refractivity contribution in [1.29, 1.82) is 0 Å². The fourth-order valence-corrected chi connectivity index (χ4v) is 4.76. The predicted octanol–water partition coefficient (Wildman–Crippen LogP) is 3.28. The SMILES string of the molecule is CC(C)(CC#CC#CCCCO)CC#CC#CCCCO.CC1(C)Cc2cc3c(c(C#CCCCO)c2C1)CCCO3.O=C=O.O=C=O.O=C=O.O=C=O. The lowest BCUT2D eigenvalue weighted by Crippen LogP contribution is -2.12. The van der Waals surface area contributed by atoms with Crippen LogP contribution < -0.4 is 4.74 Å². The van der Waals surface area contributed by atoms with Crippen molar-refractivity contribution in [1.82, 2.24) is 0 Å². The third-order valence-corrected chi connectivity index (χ3v) is 6.95. The largest absolute Gasteiger partial charge is 0.493 e. The van der Waals surface area contributed by atoms with Crippen LogP contribution in [-0.4, -0.2) is 66.4 Å². The average Bonchev–Trinajstić information content (AvgIpc) is 3.44. The minimum Gasteiger partial charge on any atom is -0.493 e. The van der Waals surface area contributed by atoms with Crippen LogP contribution in [0.3, 0.4) is 0 Å². The van der Waals surface area contributed by atoms with Crippen molar-refractivity contribution in [3.63, 3.8) is 0 Å². The molecule has 0 saturated heterocycles. The topological polar surface area (TPSA) is 206 Å². The number of aliphatic hydroxyl groups excluding tert-OH is 3. The quantitative estimate of drug-likeness (QED) is 0.259. The van der Waals surface area contributed by atoms with Crippen LogP contribution in [-0.2, 0) is 57.6 Å². The van der Waals surface area contributed by atoms with Gasteiger partial charge in [0.2, 0.25) is 0 Å². The van der Waals surface area contributed by atoms with Gasteiger partial charge in [0.15, 0.2) is 0 Å². The molecule has 288 valence electrons. The first kappa shape index (κ1) is 52.6. The second-order valence-corrected chi connectivity index (χ2v) is 12.7. The van der Waals surface area contributed by atoms with Gasteiger partial charge >= 0.3 is 24.6 Å². The lowest BCUT2D eigenvalue weighted by atomic mass is 9.86. The zero-order valence-electron chi connectivity index (χ0n) is 31.4. The third-order valence-electron chi connectivity index (χ3n) is 6.95. The average molecular weight is 745 g/mol. The van der Waals surface area contributed by atoms with Gasteiger partial charge in [-0.25, -0.2) is 0 Å². The van der Waals surface area contributed by atoms with E-state index in [0.717, 1.165) is 63.7 Å². The molecule has 0 saturated carbocycles. The zero-order chi connectivity index (χ0) is 41.5. The maximum Gasteiger partial charge on any atom is 0.373 e. The summed E-state index contributed by atoms with van der Waals surface area (Å²) in [5.41, 5.74) is 5.76. The van der Waals surface area contributed by atoms with Gasteiger partial charge in [-0.2, -0.15) is 38.4 Å². The number of fused-ring (bicyclic) bond motifs is 2. The second kappa shape index (κ2) is 35.6. The minimum atomic E-state index is 0.0273. The summed E-state index contributed by atoms with van der Waals surface area (Å²) in [4.78, 5) is 65.0. The summed E-state index contributed by atoms with van der Waals surface area (Å²) in [7, 11) is 0. The van der Waals surface area contributed by atoms with Crippen LogP contribution in [0.1, 0.15) is 108 Å². The Morgan fingerprint density at radius 3 is 1.52 bits per heavy atom. The van der Waals surface area contributed by atoms with E-state index >= 15 is 0 Å². The summed E-state index contributed by atoms with van der Waals surface area (Å²) >= 11 is 0. The number of ether oxygens (including phenoxy) is 1. The van der Waals surface area contributed by atoms with Crippen LogP contribution in [0.4, 0.5) is 0 Å². The molecule has 1 aliphatic carbocycles. The Labute approximate surface area is 317 Å². The Morgan fingerprint density at radius 2 is 1.07 bits per heavy atom. The summed E-state index contributed by atoms with van der Waals surface area (Å²) in [5, 5.41) is 26.1. The van der Waals surface area contributed by atoms with E-state index < -0.39 is 0 Å². The molecule has 0 bridgehead atoms. The molecule has 1 aromatic carbocycles. The highest BCUT2D eigenvalue weighted by molar-refractivity contribution is 5.59. The van der Waals surface area contributed by atoms with Gasteiger partial charge in [-0.3, -0.25) is 0 Å². The highest BCUT2D eigenvalue weighted by Crippen LogP contribution is 2.43. The van der Waals surface area contributed by atoms with Gasteiger partial charge in [-0.05, 0) is 96.7 Å². The van der Waals surface area contributed by atoms with E-state index in [1.807, 2.05) is 0 Å². The van der Waals surface area contributed by atoms with Crippen LogP contribution >= 0.6 is 0 Å². The van der Waals surface area contributed by atoms with Crippen LogP contribution in [0.15, 0.2) is 6.07 Å². The number of carbonyl (C=O) groups excluding carboxylic acids is 8. The summed E-state index contributed by atoms with van der Waals surface area (Å²) in [6, 6.07) is 2.26. The highest BCUT2D eigenvalue weighted by Gasteiger charge is 2.32. The van der Waals surface area contributed by atoms with Crippen molar-refractivity contribution in [2.45, 2.75) is 105 Å². The van der Waals surface area contributed by atoms with Gasteiger partial charge in [0.05, 0.1) is 6.61 Å². The number of hydrogen-bond donors (Lipinski definition) is 3. The lowest BCUT2D eigenvalue weighted by Gasteiger charge is -2.21. The molecule has 0 amide bonds. The maximum atomic E-state index is 8.89. The fourth-order valence-electron chi connectivity index (χ4n) is 4.76. The molecule has 0 spiro atoms. The van der Waals surface area contributed by atoms with Gasteiger partial charge in [0, 0.05) is 63.1 Å². The number of unbranched alkanes of at least 4 members (excludes halogenated alkanes) is 3. The third kappa shape index (κ3) is 28.9. The Kier molecular flexibility index (Phi) is 34.7. The Morgan fingerprint density at radius 1 is 0.648 bits per heavy atom. The van der Waals surface area contributed by atoms with Gasteiger partial charge < -0.3 is 20.1 Å². The zero-order valence-corrected chi connectivity index (χ0v) is 31.4. The molecule has 12 heteroatoms. The molecule has 0 unspecified atom stereocenters. The molecule has 3 rings (SSSR count). The van der Waals surface area contributed by atoms with E-state index in [2.05, 4.69) is 93.0 Å². The van der Waals surface area contributed by atoms with Gasteiger partial charge in [0.25, 0.3) is 0 Å². The van der Waals surface area contributed by atoms with Crippen molar-refractivity contribution < 1.29 is 58.4 Å². The standard InChI is InChI=1S/2C19H24O2.4CO2/c1-19(2)12-14-11-18-16(8-6-10-21-18)15(17(14)13-19)7-4-3-5-9-20;1-19(2,15-11-7-3-5-9-13-17-20)16-12-8-4-6-10-14-18-21;4*2-1-3/h11,20H,3,5-6,8-10,12-13H2,1-2H3;20-21H,9-10,13-18H2,1-2H3;;;;. The van der Waals surface area contributed by atoms with Crippen LogP contribution in [0.2, 0.25) is 0 Å². The summed E-state index contributed by atoms with van der Waals surface area (Å²) < 4.78 is 5.88. The van der Waals surface area contributed by atoms with E-state index in [1.165, 1.54) is 22.3 Å². The van der Waals surface area contributed by atoms with E-state index in [4.69, 9.17) is 58.4 Å². The van der Waals surface area contributed by atoms with Crippen molar-refractivity contribution >= 4 is 24.6 Å². The summed E-state index contributed by atoms with van der Waals surface area (Å²) in [6.07, 6.45) is 11.2. The highest BCUT2D eigenvalue weighted by atomic mass is 16.5. The number of aliphatic hydroxyl groups is 3. The lowest BCUT2D eigenvalue weighted by molar-refractivity contribution is -0.193. The van der Waals surface area contributed by atoms with Crippen molar-refractivity contribution in [2.24, 2.45) is 10.8 Å². The first-order chi connectivity index (χ1) is 25.9. The van der Waals surface area contributed by atoms with E-state index in [-0.39, 0.29) is 49.8 Å². The van der Waals surface area contributed by atoms with Gasteiger partial charge in [-0.15, -0.1) is 0 Å². The molecule has 12 nitrogen and oxygen atoms in total. The smallest absolute Gasteiger partial charge is 0.373 e. The number of benzene rings is 1. The fraction of sp³-hybridized carbons (Fsp3) is 0.524. The molecule has 2 aliphatic rings. The van der Waals surface area contributed by atoms with Crippen molar-refractivity contribution in [2.75, 3.05) is 26.4 Å². The predicted molar refractivity (Wildman–Crippen MR) is 191 cm³/mol. The molecular weight excluding hydrogens is 696 g/mol. The van der Waals surface area contributed by atoms with Gasteiger partial charge in [0.1, 0.15) is 5.75 Å². The summed E-state index contributed by atoms with van der Waals surface area (Å²) in [6.45, 7) is 10.3. The minimum absolute atomic E-state index is 0.0273. The van der Waals surface area contributed by atoms with Crippen LogP contribution in [0.25, 0.3) is 0 Å². The van der Waals surface area contributed by atoms with Crippen LogP contribution in [0, 0.1) is 70.0 Å². The number of rotatable bonds is 8. The van der Waals surface area contributed by atoms with Gasteiger partial charge in [-0.1, -0.05) is 63.2 Å². The second-order valence-electron chi connectivity index (χ2n) is 12.7. The normalized spacial score (nSPS) is 11.2. The van der Waals surface area contributed by atoms with E-state index in [0.29, 0.717) is 31.1 Å². The molecular formula is C42H48O12. The summed E-state index contributed by atoms with van der Waals surface area (Å²) in [5.74, 6) is 30.9. The van der Waals surface area contributed by atoms with Crippen molar-refractivity contribution in [3.8, 4) is 65.0 Å². The maximum absolute atomic E-state index is 8.89. The van der Waals surface area contributed by atoms with Crippen molar-refractivity contribution in [3.05, 3.63) is 28.3 Å². The van der Waals surface area contributed by atoms with Crippen LogP contribution in [0.5, 0.6) is 5.75 Å². The molecule has 0 fully saturated rings. The molecule has 3 N–H and O–H groups in total. The molecule has 1 aliphatic heterocycles. The first-order valence-electron chi connectivity index (χ1n) is 16.9. The van der Waals surface area contributed by atoms with E-state index in [9.17, 15) is 0 Å². The number of hydrogen-bond acceptors (Lipinski definition) is 12. The monoisotopic (exact) mass is 744 g/mol. The molecule has 0 aromatic heterocycles. The van der Waals surface area contributed by atoms with E-state index in [1.54, 1.807) is 0 Å². The molecule has 1 heterocycles. The molecule has 54 heavy (non-hydrogen) atoms. The molecule has 0 radical (unpaired) electrons.